The maximum atomic E-state index is 13.1. The number of carbonyl (C=O) groups is 1. The SMILES string of the molecule is O=C(Cn1nnn(-c2ccc(F)cc2)c1=O)NCc1ccc(F)c(Cl)c1. The topological polar surface area (TPSA) is 81.8 Å². The van der Waals surface area contributed by atoms with E-state index in [9.17, 15) is 18.4 Å². The molecule has 26 heavy (non-hydrogen) atoms. The number of nitrogens with one attached hydrogen (secondary N) is 1. The zero-order chi connectivity index (χ0) is 18.7. The van der Waals surface area contributed by atoms with E-state index in [1.807, 2.05) is 0 Å². The zero-order valence-corrected chi connectivity index (χ0v) is 14.0. The van der Waals surface area contributed by atoms with E-state index in [0.717, 1.165) is 9.36 Å². The highest BCUT2D eigenvalue weighted by Gasteiger charge is 2.12. The molecule has 0 fully saturated rings. The number of hydrogen-bond donors (Lipinski definition) is 1. The van der Waals surface area contributed by atoms with Gasteiger partial charge in [0.1, 0.15) is 18.2 Å². The van der Waals surface area contributed by atoms with Crippen molar-refractivity contribution >= 4 is 17.5 Å². The van der Waals surface area contributed by atoms with Crippen LogP contribution in [0.4, 0.5) is 8.78 Å². The van der Waals surface area contributed by atoms with Crippen LogP contribution in [-0.4, -0.2) is 25.7 Å². The molecule has 0 aliphatic rings. The first-order chi connectivity index (χ1) is 12.4. The van der Waals surface area contributed by atoms with Crippen molar-refractivity contribution in [2.75, 3.05) is 0 Å². The third kappa shape index (κ3) is 3.94. The zero-order valence-electron chi connectivity index (χ0n) is 13.2. The fourth-order valence-electron chi connectivity index (χ4n) is 2.16. The number of benzene rings is 2. The van der Waals surface area contributed by atoms with Gasteiger partial charge in [0, 0.05) is 6.54 Å². The fraction of sp³-hybridized carbons (Fsp3) is 0.125. The molecule has 0 saturated carbocycles. The molecule has 134 valence electrons. The maximum absolute atomic E-state index is 13.1. The second kappa shape index (κ2) is 7.44. The summed E-state index contributed by atoms with van der Waals surface area (Å²) in [4.78, 5) is 24.2. The smallest absolute Gasteiger partial charge is 0.350 e. The molecule has 0 radical (unpaired) electrons. The van der Waals surface area contributed by atoms with E-state index in [4.69, 9.17) is 11.6 Å². The van der Waals surface area contributed by atoms with Gasteiger partial charge in [0.15, 0.2) is 0 Å². The van der Waals surface area contributed by atoms with Gasteiger partial charge in [0.2, 0.25) is 5.91 Å². The molecule has 0 unspecified atom stereocenters. The number of halogens is 3. The fourth-order valence-corrected chi connectivity index (χ4v) is 2.36. The number of amides is 1. The molecular weight excluding hydrogens is 368 g/mol. The van der Waals surface area contributed by atoms with E-state index in [0.29, 0.717) is 11.3 Å². The number of nitrogens with zero attached hydrogens (tertiary/aromatic N) is 4. The Morgan fingerprint density at radius 2 is 1.85 bits per heavy atom. The molecule has 3 aromatic rings. The van der Waals surface area contributed by atoms with E-state index < -0.39 is 23.2 Å². The molecule has 0 saturated heterocycles. The molecule has 0 aliphatic heterocycles. The van der Waals surface area contributed by atoms with E-state index in [1.165, 1.54) is 42.5 Å². The lowest BCUT2D eigenvalue weighted by Crippen LogP contribution is -2.33. The Kier molecular flexibility index (Phi) is 5.08. The van der Waals surface area contributed by atoms with Gasteiger partial charge in [-0.2, -0.15) is 9.36 Å². The molecule has 3 rings (SSSR count). The van der Waals surface area contributed by atoms with Crippen LogP contribution in [-0.2, 0) is 17.9 Å². The highest BCUT2D eigenvalue weighted by Crippen LogP contribution is 2.15. The number of hydrogen-bond acceptors (Lipinski definition) is 4. The van der Waals surface area contributed by atoms with Gasteiger partial charge in [-0.25, -0.2) is 13.6 Å². The lowest BCUT2D eigenvalue weighted by molar-refractivity contribution is -0.122. The van der Waals surface area contributed by atoms with Crippen molar-refractivity contribution in [2.24, 2.45) is 0 Å². The minimum absolute atomic E-state index is 0.0461. The lowest BCUT2D eigenvalue weighted by atomic mass is 10.2. The minimum atomic E-state index is -0.642. The van der Waals surface area contributed by atoms with Crippen LogP contribution in [0.15, 0.2) is 47.3 Å². The summed E-state index contributed by atoms with van der Waals surface area (Å²) in [6.07, 6.45) is 0. The Morgan fingerprint density at radius 3 is 2.54 bits per heavy atom. The third-order valence-corrected chi connectivity index (χ3v) is 3.77. The van der Waals surface area contributed by atoms with Crippen LogP contribution in [0.1, 0.15) is 5.56 Å². The van der Waals surface area contributed by atoms with Crippen molar-refractivity contribution in [1.29, 1.82) is 0 Å². The molecule has 1 aromatic heterocycles. The predicted molar refractivity (Wildman–Crippen MR) is 88.8 cm³/mol. The predicted octanol–water partition coefficient (Wildman–Crippen LogP) is 1.68. The summed E-state index contributed by atoms with van der Waals surface area (Å²) in [6.45, 7) is -0.241. The maximum Gasteiger partial charge on any atom is 0.368 e. The van der Waals surface area contributed by atoms with E-state index in [-0.39, 0.29) is 18.1 Å². The molecule has 0 atom stereocenters. The third-order valence-electron chi connectivity index (χ3n) is 3.48. The van der Waals surface area contributed by atoms with Crippen molar-refractivity contribution < 1.29 is 13.6 Å². The van der Waals surface area contributed by atoms with Gasteiger partial charge in [-0.3, -0.25) is 4.79 Å². The first-order valence-corrected chi connectivity index (χ1v) is 7.81. The standard InChI is InChI=1S/C16H12ClF2N5O2/c17-13-7-10(1-6-14(13)19)8-20-15(25)9-23-16(26)24(22-21-23)12-4-2-11(18)3-5-12/h1-7H,8-9H2,(H,20,25). The molecule has 7 nitrogen and oxygen atoms in total. The average Bonchev–Trinajstić information content (AvgIpc) is 2.97. The normalized spacial score (nSPS) is 10.7. The molecule has 0 spiro atoms. The van der Waals surface area contributed by atoms with Gasteiger partial charge >= 0.3 is 5.69 Å². The molecule has 1 amide bonds. The van der Waals surface area contributed by atoms with Crippen molar-refractivity contribution in [3.05, 3.63) is 75.2 Å². The van der Waals surface area contributed by atoms with Crippen LogP contribution in [0, 0.1) is 11.6 Å². The highest BCUT2D eigenvalue weighted by molar-refractivity contribution is 6.30. The number of aromatic nitrogens is 4. The van der Waals surface area contributed by atoms with Gasteiger partial charge in [-0.05, 0) is 52.4 Å². The van der Waals surface area contributed by atoms with Crippen LogP contribution >= 0.6 is 11.6 Å². The van der Waals surface area contributed by atoms with Gasteiger partial charge < -0.3 is 5.32 Å². The number of rotatable bonds is 5. The first-order valence-electron chi connectivity index (χ1n) is 7.43. The molecule has 1 N–H and O–H groups in total. The van der Waals surface area contributed by atoms with Gasteiger partial charge in [0.05, 0.1) is 10.7 Å². The van der Waals surface area contributed by atoms with Gasteiger partial charge in [0.25, 0.3) is 0 Å². The van der Waals surface area contributed by atoms with Gasteiger partial charge in [-0.1, -0.05) is 17.7 Å². The minimum Gasteiger partial charge on any atom is -0.350 e. The van der Waals surface area contributed by atoms with Gasteiger partial charge in [-0.15, -0.1) is 0 Å². The summed E-state index contributed by atoms with van der Waals surface area (Å²) in [5.74, 6) is -1.49. The van der Waals surface area contributed by atoms with Crippen LogP contribution in [0.2, 0.25) is 5.02 Å². The lowest BCUT2D eigenvalue weighted by Gasteiger charge is -2.05. The van der Waals surface area contributed by atoms with Crippen LogP contribution in [0.3, 0.4) is 0 Å². The molecular formula is C16H12ClF2N5O2. The van der Waals surface area contributed by atoms with E-state index in [2.05, 4.69) is 15.7 Å². The van der Waals surface area contributed by atoms with Crippen LogP contribution < -0.4 is 11.0 Å². The Balaban J connectivity index is 1.65. The summed E-state index contributed by atoms with van der Waals surface area (Å²) in [7, 11) is 0. The molecule has 0 bridgehead atoms. The highest BCUT2D eigenvalue weighted by atomic mass is 35.5. The summed E-state index contributed by atoms with van der Waals surface area (Å²) >= 11 is 5.67. The first kappa shape index (κ1) is 17.7. The largest absolute Gasteiger partial charge is 0.368 e. The van der Waals surface area contributed by atoms with E-state index in [1.54, 1.807) is 0 Å². The Bertz CT molecular complexity index is 1000. The summed E-state index contributed by atoms with van der Waals surface area (Å²) in [5, 5.41) is 9.82. The quantitative estimate of drug-likeness (QED) is 0.731. The average molecular weight is 380 g/mol. The van der Waals surface area contributed by atoms with Crippen LogP contribution in [0.25, 0.3) is 5.69 Å². The number of carbonyl (C=O) groups excluding carboxylic acids is 1. The monoisotopic (exact) mass is 379 g/mol. The second-order valence-electron chi connectivity index (χ2n) is 5.33. The van der Waals surface area contributed by atoms with Crippen molar-refractivity contribution in [3.8, 4) is 5.69 Å². The second-order valence-corrected chi connectivity index (χ2v) is 5.74. The van der Waals surface area contributed by atoms with Crippen molar-refractivity contribution in [2.45, 2.75) is 13.1 Å². The molecule has 10 heteroatoms. The molecule has 0 aliphatic carbocycles. The molecule has 2 aromatic carbocycles. The Hall–Kier alpha value is -3.07. The Morgan fingerprint density at radius 1 is 1.12 bits per heavy atom. The molecule has 1 heterocycles. The summed E-state index contributed by atoms with van der Waals surface area (Å²) in [6, 6.07) is 9.18. The van der Waals surface area contributed by atoms with Crippen molar-refractivity contribution in [1.82, 2.24) is 25.1 Å². The van der Waals surface area contributed by atoms with Crippen LogP contribution in [0.5, 0.6) is 0 Å². The van der Waals surface area contributed by atoms with E-state index >= 15 is 0 Å². The number of tetrazole rings is 1. The summed E-state index contributed by atoms with van der Waals surface area (Å²) < 4.78 is 27.9. The van der Waals surface area contributed by atoms with Crippen molar-refractivity contribution in [3.63, 3.8) is 0 Å². The Labute approximate surface area is 150 Å². The summed E-state index contributed by atoms with van der Waals surface area (Å²) in [5.41, 5.74) is 0.285.